The number of pyridine rings is 1. The Labute approximate surface area is 254 Å². The molecule has 0 aliphatic carbocycles. The van der Waals surface area contributed by atoms with Crippen molar-refractivity contribution in [3.8, 4) is 16.9 Å². The number of hydrogen-bond acceptors (Lipinski definition) is 8. The minimum Gasteiger partial charge on any atom is -0.496 e. The molecule has 2 aromatic heterocycles. The molecule has 3 heterocycles. The minimum atomic E-state index is -4.24. The molecule has 0 fully saturated rings. The molecule has 0 N–H and O–H groups in total. The SMILES string of the molecule is COC(=O)C1CC(c2cc3c(-c4cc(F)ccc4OC)ccnc3n2S(=O)(=O)c2ccccc2)=CCN1C(=O)OC(C)(C)C. The first-order chi connectivity index (χ1) is 20.9. The lowest BCUT2D eigenvalue weighted by Gasteiger charge is -2.34. The standard InChI is InChI=1S/C32H32FN3O7S/c1-32(2,3)43-31(38)35-16-14-20(17-27(35)30(37)42-5)26-19-25-23(24-18-21(33)11-12-28(24)41-4)13-15-34-29(25)36(26)44(39,40)22-9-7-6-8-10-22/h6-15,18-19,27H,16-17H2,1-5H3. The van der Waals surface area contributed by atoms with Gasteiger partial charge in [-0.15, -0.1) is 0 Å². The van der Waals surface area contributed by atoms with Crippen LogP contribution in [0.25, 0.3) is 27.7 Å². The third-order valence-corrected chi connectivity index (χ3v) is 8.87. The highest BCUT2D eigenvalue weighted by Gasteiger charge is 2.38. The molecule has 1 atom stereocenters. The molecule has 0 spiro atoms. The van der Waals surface area contributed by atoms with Gasteiger partial charge in [-0.2, -0.15) is 0 Å². The molecule has 1 unspecified atom stereocenters. The third-order valence-electron chi connectivity index (χ3n) is 7.15. The number of halogens is 1. The summed E-state index contributed by atoms with van der Waals surface area (Å²) in [6.45, 7) is 5.10. The molecule has 12 heteroatoms. The highest BCUT2D eigenvalue weighted by molar-refractivity contribution is 7.90. The van der Waals surface area contributed by atoms with E-state index in [0.717, 1.165) is 3.97 Å². The monoisotopic (exact) mass is 621 g/mol. The van der Waals surface area contributed by atoms with Crippen molar-refractivity contribution in [2.24, 2.45) is 0 Å². The summed E-state index contributed by atoms with van der Waals surface area (Å²) in [5.74, 6) is -0.798. The fourth-order valence-corrected chi connectivity index (χ4v) is 6.70. The van der Waals surface area contributed by atoms with Crippen molar-refractivity contribution in [2.75, 3.05) is 20.8 Å². The van der Waals surface area contributed by atoms with Crippen molar-refractivity contribution in [1.82, 2.24) is 13.9 Å². The van der Waals surface area contributed by atoms with Crippen LogP contribution in [0.4, 0.5) is 9.18 Å². The molecule has 1 aliphatic heterocycles. The fourth-order valence-electron chi connectivity index (χ4n) is 5.18. The van der Waals surface area contributed by atoms with E-state index in [4.69, 9.17) is 14.2 Å². The number of esters is 1. The van der Waals surface area contributed by atoms with Gasteiger partial charge in [0.15, 0.2) is 5.65 Å². The average molecular weight is 622 g/mol. The summed E-state index contributed by atoms with van der Waals surface area (Å²) < 4.78 is 60.1. The van der Waals surface area contributed by atoms with Crippen LogP contribution in [0.1, 0.15) is 32.9 Å². The third kappa shape index (κ3) is 5.77. The minimum absolute atomic E-state index is 0.0191. The number of rotatable bonds is 6. The lowest BCUT2D eigenvalue weighted by molar-refractivity contribution is -0.146. The first-order valence-corrected chi connectivity index (χ1v) is 15.2. The molecule has 2 aromatic carbocycles. The van der Waals surface area contributed by atoms with E-state index < -0.39 is 39.5 Å². The molecule has 0 bridgehead atoms. The summed E-state index contributed by atoms with van der Waals surface area (Å²) in [5.41, 5.74) is 0.884. The first-order valence-electron chi connectivity index (χ1n) is 13.8. The Balaban J connectivity index is 1.75. The summed E-state index contributed by atoms with van der Waals surface area (Å²) in [4.78, 5) is 31.7. The Bertz CT molecular complexity index is 1880. The van der Waals surface area contributed by atoms with Crippen LogP contribution in [0, 0.1) is 5.82 Å². The van der Waals surface area contributed by atoms with Gasteiger partial charge in [-0.3, -0.25) is 4.90 Å². The Hall–Kier alpha value is -4.71. The summed E-state index contributed by atoms with van der Waals surface area (Å²) in [6, 6.07) is 14.2. The molecule has 0 saturated heterocycles. The maximum absolute atomic E-state index is 14.4. The van der Waals surface area contributed by atoms with E-state index in [9.17, 15) is 22.4 Å². The number of methoxy groups -OCH3 is 2. The van der Waals surface area contributed by atoms with E-state index in [1.807, 2.05) is 0 Å². The molecule has 0 saturated carbocycles. The van der Waals surface area contributed by atoms with E-state index in [-0.39, 0.29) is 29.2 Å². The van der Waals surface area contributed by atoms with Gasteiger partial charge in [0.25, 0.3) is 10.0 Å². The number of aromatic nitrogens is 2. The van der Waals surface area contributed by atoms with Crippen molar-refractivity contribution in [1.29, 1.82) is 0 Å². The number of benzene rings is 2. The fraction of sp³-hybridized carbons (Fsp3) is 0.281. The summed E-state index contributed by atoms with van der Waals surface area (Å²) in [5, 5.41) is 0.413. The molecular weight excluding hydrogens is 589 g/mol. The zero-order chi connectivity index (χ0) is 31.8. The molecule has 44 heavy (non-hydrogen) atoms. The van der Waals surface area contributed by atoms with Gasteiger partial charge in [0.2, 0.25) is 0 Å². The maximum atomic E-state index is 14.4. The Kier molecular flexibility index (Phi) is 8.21. The van der Waals surface area contributed by atoms with Crippen LogP contribution in [-0.2, 0) is 24.3 Å². The molecule has 5 rings (SSSR count). The van der Waals surface area contributed by atoms with E-state index in [1.165, 1.54) is 55.6 Å². The van der Waals surface area contributed by atoms with Crippen molar-refractivity contribution >= 4 is 38.7 Å². The normalized spacial score (nSPS) is 15.5. The number of hydrogen-bond donors (Lipinski definition) is 0. The molecule has 230 valence electrons. The van der Waals surface area contributed by atoms with Crippen LogP contribution in [-0.4, -0.2) is 66.7 Å². The van der Waals surface area contributed by atoms with Gasteiger partial charge in [0.1, 0.15) is 23.2 Å². The van der Waals surface area contributed by atoms with Crippen LogP contribution in [0.2, 0.25) is 0 Å². The number of nitrogens with zero attached hydrogens (tertiary/aromatic N) is 3. The van der Waals surface area contributed by atoms with E-state index in [2.05, 4.69) is 4.98 Å². The van der Waals surface area contributed by atoms with Crippen LogP contribution < -0.4 is 4.74 Å². The van der Waals surface area contributed by atoms with Gasteiger partial charge in [0, 0.05) is 30.1 Å². The zero-order valence-electron chi connectivity index (χ0n) is 24.9. The van der Waals surface area contributed by atoms with Crippen molar-refractivity contribution < 1.29 is 36.6 Å². The number of carbonyl (C=O) groups is 2. The largest absolute Gasteiger partial charge is 0.496 e. The van der Waals surface area contributed by atoms with Crippen LogP contribution in [0.15, 0.2) is 77.8 Å². The number of carbonyl (C=O) groups excluding carboxylic acids is 2. The second-order valence-electron chi connectivity index (χ2n) is 11.2. The predicted octanol–water partition coefficient (Wildman–Crippen LogP) is 5.65. The molecular formula is C32H32FN3O7S. The predicted molar refractivity (Wildman–Crippen MR) is 162 cm³/mol. The van der Waals surface area contributed by atoms with E-state index >= 15 is 0 Å². The average Bonchev–Trinajstić information content (AvgIpc) is 3.41. The highest BCUT2D eigenvalue weighted by atomic mass is 32.2. The van der Waals surface area contributed by atoms with Crippen molar-refractivity contribution in [3.05, 3.63) is 84.4 Å². The van der Waals surface area contributed by atoms with Gasteiger partial charge >= 0.3 is 12.1 Å². The smallest absolute Gasteiger partial charge is 0.411 e. The van der Waals surface area contributed by atoms with Crippen LogP contribution in [0.3, 0.4) is 0 Å². The van der Waals surface area contributed by atoms with Gasteiger partial charge in [0.05, 0.1) is 24.8 Å². The molecule has 1 aliphatic rings. The van der Waals surface area contributed by atoms with Gasteiger partial charge < -0.3 is 14.2 Å². The molecule has 1 amide bonds. The summed E-state index contributed by atoms with van der Waals surface area (Å²) in [6.07, 6.45) is 2.35. The molecule has 0 radical (unpaired) electrons. The Morgan fingerprint density at radius 1 is 1.00 bits per heavy atom. The summed E-state index contributed by atoms with van der Waals surface area (Å²) in [7, 11) is -1.56. The quantitative estimate of drug-likeness (QED) is 0.254. The lowest BCUT2D eigenvalue weighted by atomic mass is 9.97. The van der Waals surface area contributed by atoms with E-state index in [1.54, 1.807) is 57.2 Å². The van der Waals surface area contributed by atoms with Gasteiger partial charge in [-0.25, -0.2) is 31.4 Å². The van der Waals surface area contributed by atoms with Crippen LogP contribution >= 0.6 is 0 Å². The Morgan fingerprint density at radius 2 is 1.73 bits per heavy atom. The number of fused-ring (bicyclic) bond motifs is 1. The van der Waals surface area contributed by atoms with Crippen LogP contribution in [0.5, 0.6) is 5.75 Å². The van der Waals surface area contributed by atoms with E-state index in [0.29, 0.717) is 27.8 Å². The van der Waals surface area contributed by atoms with Crippen molar-refractivity contribution in [2.45, 2.75) is 43.7 Å². The molecule has 10 nitrogen and oxygen atoms in total. The first kappa shape index (κ1) is 30.7. The van der Waals surface area contributed by atoms with Gasteiger partial charge in [-0.1, -0.05) is 24.3 Å². The topological polar surface area (TPSA) is 117 Å². The highest BCUT2D eigenvalue weighted by Crippen LogP contribution is 2.40. The van der Waals surface area contributed by atoms with Gasteiger partial charge in [-0.05, 0) is 74.4 Å². The second kappa shape index (κ2) is 11.8. The second-order valence-corrected chi connectivity index (χ2v) is 12.9. The summed E-state index contributed by atoms with van der Waals surface area (Å²) >= 11 is 0. The maximum Gasteiger partial charge on any atom is 0.411 e. The number of ether oxygens (including phenoxy) is 3. The molecule has 4 aromatic rings. The zero-order valence-corrected chi connectivity index (χ0v) is 25.7. The number of amides is 1. The lowest BCUT2D eigenvalue weighted by Crippen LogP contribution is -2.49. The van der Waals surface area contributed by atoms with Crippen molar-refractivity contribution in [3.63, 3.8) is 0 Å². The Morgan fingerprint density at radius 3 is 2.39 bits per heavy atom.